The highest BCUT2D eigenvalue weighted by Crippen LogP contribution is 2.38. The van der Waals surface area contributed by atoms with Crippen LogP contribution in [-0.4, -0.2) is 27.6 Å². The number of amides is 1. The van der Waals surface area contributed by atoms with Crippen LogP contribution in [0.5, 0.6) is 0 Å². The number of nitrogens with two attached hydrogens (primary N) is 1. The van der Waals surface area contributed by atoms with Gasteiger partial charge < -0.3 is 21.3 Å². The number of carbonyl (C=O) groups is 1. The number of hydrogen-bond donors (Lipinski definition) is 4. The van der Waals surface area contributed by atoms with E-state index in [9.17, 15) is 15.0 Å². The maximum Gasteiger partial charge on any atom is 0.255 e. The average molecular weight is 389 g/mol. The zero-order chi connectivity index (χ0) is 20.4. The maximum atomic E-state index is 12.4. The van der Waals surface area contributed by atoms with Crippen LogP contribution < -0.4 is 11.1 Å². The molecule has 5 N–H and O–H groups in total. The molecule has 0 radical (unpaired) electrons. The summed E-state index contributed by atoms with van der Waals surface area (Å²) in [6.07, 6.45) is -1.000. The van der Waals surface area contributed by atoms with E-state index in [0.29, 0.717) is 29.9 Å². The van der Waals surface area contributed by atoms with Gasteiger partial charge in [-0.3, -0.25) is 4.79 Å². The number of para-hydroxylation sites is 2. The molecule has 3 aromatic rings. The molecular formula is C23H23N3O3. The Morgan fingerprint density at radius 3 is 2.10 bits per heavy atom. The minimum absolute atomic E-state index is 0.227. The Balaban J connectivity index is 1.38. The SMILES string of the molecule is Nc1ccccc1NC(=O)c1ccc(CCN2C(O)c3ccccc3C2O)cc1. The Labute approximate surface area is 169 Å². The molecule has 2 atom stereocenters. The topological polar surface area (TPSA) is 98.8 Å². The van der Waals surface area contributed by atoms with Gasteiger partial charge in [0.15, 0.2) is 0 Å². The predicted octanol–water partition coefficient (Wildman–Crippen LogP) is 3.06. The molecule has 3 aromatic carbocycles. The lowest BCUT2D eigenvalue weighted by atomic mass is 10.1. The van der Waals surface area contributed by atoms with Crippen LogP contribution >= 0.6 is 0 Å². The number of fused-ring (bicyclic) bond motifs is 1. The van der Waals surface area contributed by atoms with E-state index in [2.05, 4.69) is 5.32 Å². The van der Waals surface area contributed by atoms with Crippen molar-refractivity contribution in [1.29, 1.82) is 0 Å². The normalized spacial score (nSPS) is 18.4. The highest BCUT2D eigenvalue weighted by molar-refractivity contribution is 6.05. The maximum absolute atomic E-state index is 12.4. The highest BCUT2D eigenvalue weighted by Gasteiger charge is 2.35. The molecule has 1 aliphatic heterocycles. The summed E-state index contributed by atoms with van der Waals surface area (Å²) in [5.74, 6) is -0.227. The first-order valence-electron chi connectivity index (χ1n) is 9.50. The van der Waals surface area contributed by atoms with Gasteiger partial charge in [0.1, 0.15) is 12.5 Å². The summed E-state index contributed by atoms with van der Waals surface area (Å²) in [5.41, 5.74) is 9.99. The summed E-state index contributed by atoms with van der Waals surface area (Å²) >= 11 is 0. The summed E-state index contributed by atoms with van der Waals surface area (Å²) in [7, 11) is 0. The van der Waals surface area contributed by atoms with Crippen LogP contribution in [0.25, 0.3) is 0 Å². The second-order valence-electron chi connectivity index (χ2n) is 7.10. The van der Waals surface area contributed by atoms with Crippen LogP contribution in [0.3, 0.4) is 0 Å². The van der Waals surface area contributed by atoms with Gasteiger partial charge in [-0.1, -0.05) is 48.5 Å². The molecular weight excluding hydrogens is 366 g/mol. The summed E-state index contributed by atoms with van der Waals surface area (Å²) in [6, 6.07) is 21.8. The van der Waals surface area contributed by atoms with Gasteiger partial charge in [0.05, 0.1) is 11.4 Å². The third-order valence-electron chi connectivity index (χ3n) is 5.26. The average Bonchev–Trinajstić information content (AvgIpc) is 2.99. The first-order chi connectivity index (χ1) is 14.0. The minimum Gasteiger partial charge on any atom is -0.397 e. The third kappa shape index (κ3) is 3.86. The van der Waals surface area contributed by atoms with Gasteiger partial charge in [0.2, 0.25) is 0 Å². The van der Waals surface area contributed by atoms with E-state index in [1.807, 2.05) is 48.5 Å². The van der Waals surface area contributed by atoms with E-state index < -0.39 is 12.5 Å². The lowest BCUT2D eigenvalue weighted by Gasteiger charge is -2.24. The molecule has 0 spiro atoms. The Kier molecular flexibility index (Phi) is 5.31. The Morgan fingerprint density at radius 2 is 1.48 bits per heavy atom. The van der Waals surface area contributed by atoms with Gasteiger partial charge in [-0.25, -0.2) is 4.90 Å². The molecule has 2 unspecified atom stereocenters. The second kappa shape index (κ2) is 8.05. The molecule has 0 bridgehead atoms. The molecule has 4 rings (SSSR count). The lowest BCUT2D eigenvalue weighted by Crippen LogP contribution is -2.28. The molecule has 0 aromatic heterocycles. The first-order valence-corrected chi connectivity index (χ1v) is 9.50. The van der Waals surface area contributed by atoms with E-state index in [0.717, 1.165) is 16.7 Å². The van der Waals surface area contributed by atoms with E-state index >= 15 is 0 Å². The van der Waals surface area contributed by atoms with Crippen molar-refractivity contribution in [3.63, 3.8) is 0 Å². The molecule has 0 fully saturated rings. The fourth-order valence-electron chi connectivity index (χ4n) is 3.60. The standard InChI is InChI=1S/C23H23N3O3/c24-19-7-3-4-8-20(19)25-21(27)16-11-9-15(10-12-16)13-14-26-22(28)17-5-1-2-6-18(17)23(26)29/h1-12,22-23,28-29H,13-14,24H2,(H,25,27). The number of nitrogens with one attached hydrogen (secondary N) is 1. The zero-order valence-corrected chi connectivity index (χ0v) is 15.8. The largest absolute Gasteiger partial charge is 0.397 e. The van der Waals surface area contributed by atoms with E-state index in [-0.39, 0.29) is 5.91 Å². The number of aliphatic hydroxyl groups is 2. The van der Waals surface area contributed by atoms with E-state index in [4.69, 9.17) is 5.73 Å². The number of aliphatic hydroxyl groups excluding tert-OH is 2. The monoisotopic (exact) mass is 389 g/mol. The second-order valence-corrected chi connectivity index (χ2v) is 7.10. The van der Waals surface area contributed by atoms with Gasteiger partial charge >= 0.3 is 0 Å². The molecule has 1 amide bonds. The van der Waals surface area contributed by atoms with Gasteiger partial charge in [0, 0.05) is 23.2 Å². The van der Waals surface area contributed by atoms with Crippen molar-refractivity contribution >= 4 is 17.3 Å². The van der Waals surface area contributed by atoms with Crippen molar-refractivity contribution < 1.29 is 15.0 Å². The van der Waals surface area contributed by atoms with Crippen molar-refractivity contribution in [3.05, 3.63) is 95.1 Å². The van der Waals surface area contributed by atoms with E-state index in [1.165, 1.54) is 0 Å². The molecule has 6 nitrogen and oxygen atoms in total. The van der Waals surface area contributed by atoms with Crippen LogP contribution in [0.2, 0.25) is 0 Å². The number of anilines is 2. The van der Waals surface area contributed by atoms with E-state index in [1.54, 1.807) is 29.2 Å². The number of hydrogen-bond acceptors (Lipinski definition) is 5. The summed E-state index contributed by atoms with van der Waals surface area (Å²) in [4.78, 5) is 14.1. The number of rotatable bonds is 5. The van der Waals surface area contributed by atoms with Gasteiger partial charge in [0.25, 0.3) is 5.91 Å². The molecule has 0 saturated heterocycles. The molecule has 1 aliphatic rings. The molecule has 1 heterocycles. The highest BCUT2D eigenvalue weighted by atomic mass is 16.3. The minimum atomic E-state index is -0.817. The van der Waals surface area contributed by atoms with Gasteiger partial charge in [-0.2, -0.15) is 0 Å². The van der Waals surface area contributed by atoms with Crippen LogP contribution in [0.15, 0.2) is 72.8 Å². The molecule has 29 heavy (non-hydrogen) atoms. The van der Waals surface area contributed by atoms with Crippen molar-refractivity contribution in [2.45, 2.75) is 18.9 Å². The Morgan fingerprint density at radius 1 is 0.897 bits per heavy atom. The number of carbonyl (C=O) groups excluding carboxylic acids is 1. The van der Waals surface area contributed by atoms with Crippen LogP contribution in [0.4, 0.5) is 11.4 Å². The Hall–Kier alpha value is -3.19. The molecule has 0 saturated carbocycles. The quantitative estimate of drug-likeness (QED) is 0.503. The van der Waals surface area contributed by atoms with Crippen LogP contribution in [0, 0.1) is 0 Å². The first kappa shape index (κ1) is 19.1. The number of nitrogen functional groups attached to an aromatic ring is 1. The van der Waals surface area contributed by atoms with Crippen LogP contribution in [-0.2, 0) is 6.42 Å². The fraction of sp³-hybridized carbons (Fsp3) is 0.174. The molecule has 0 aliphatic carbocycles. The molecule has 148 valence electrons. The van der Waals surface area contributed by atoms with Gasteiger partial charge in [-0.05, 0) is 36.2 Å². The number of nitrogens with zero attached hydrogens (tertiary/aromatic N) is 1. The van der Waals surface area contributed by atoms with Crippen LogP contribution in [0.1, 0.15) is 39.5 Å². The summed E-state index contributed by atoms with van der Waals surface area (Å²) < 4.78 is 0. The summed E-state index contributed by atoms with van der Waals surface area (Å²) in [6.45, 7) is 0.489. The van der Waals surface area contributed by atoms with Crippen molar-refractivity contribution in [3.8, 4) is 0 Å². The van der Waals surface area contributed by atoms with Crippen molar-refractivity contribution in [1.82, 2.24) is 4.90 Å². The third-order valence-corrected chi connectivity index (χ3v) is 5.26. The smallest absolute Gasteiger partial charge is 0.255 e. The lowest BCUT2D eigenvalue weighted by molar-refractivity contribution is -0.0834. The Bertz CT molecular complexity index is 991. The molecule has 6 heteroatoms. The number of benzene rings is 3. The zero-order valence-electron chi connectivity index (χ0n) is 15.8. The van der Waals surface area contributed by atoms with Crippen molar-refractivity contribution in [2.24, 2.45) is 0 Å². The van der Waals surface area contributed by atoms with Gasteiger partial charge in [-0.15, -0.1) is 0 Å². The van der Waals surface area contributed by atoms with Crippen molar-refractivity contribution in [2.75, 3.05) is 17.6 Å². The summed E-state index contributed by atoms with van der Waals surface area (Å²) in [5, 5.41) is 23.7. The fourth-order valence-corrected chi connectivity index (χ4v) is 3.60. The predicted molar refractivity (Wildman–Crippen MR) is 112 cm³/mol.